The summed E-state index contributed by atoms with van der Waals surface area (Å²) in [7, 11) is 1.36. The van der Waals surface area contributed by atoms with Crippen molar-refractivity contribution < 1.29 is 33.7 Å². The number of carboxylic acids is 1. The van der Waals surface area contributed by atoms with Gasteiger partial charge < -0.3 is 24.6 Å². The van der Waals surface area contributed by atoms with Crippen molar-refractivity contribution in [3.05, 3.63) is 100 Å². The number of fused-ring (bicyclic) bond motifs is 1. The molecular weight excluding hydrogens is 584 g/mol. The van der Waals surface area contributed by atoms with Crippen LogP contribution in [0.1, 0.15) is 57.5 Å². The van der Waals surface area contributed by atoms with Gasteiger partial charge in [0.2, 0.25) is 0 Å². The summed E-state index contributed by atoms with van der Waals surface area (Å²) < 4.78 is 17.2. The van der Waals surface area contributed by atoms with E-state index in [4.69, 9.17) is 25.8 Å². The molecule has 1 aliphatic rings. The molecule has 9 nitrogen and oxygen atoms in total. The summed E-state index contributed by atoms with van der Waals surface area (Å²) in [6.45, 7) is 0.196. The maximum Gasteiger partial charge on any atom is 0.337 e. The number of amides is 1. The average molecular weight is 613 g/mol. The Morgan fingerprint density at radius 3 is 2.43 bits per heavy atom. The van der Waals surface area contributed by atoms with E-state index >= 15 is 0 Å². The maximum absolute atomic E-state index is 13.3. The van der Waals surface area contributed by atoms with Gasteiger partial charge in [0.05, 0.1) is 41.5 Å². The zero-order valence-electron chi connectivity index (χ0n) is 23.8. The summed E-state index contributed by atoms with van der Waals surface area (Å²) in [5.74, 6) is -2.12. The minimum Gasteiger partial charge on any atom is -0.496 e. The Balaban J connectivity index is 1.24. The lowest BCUT2D eigenvalue weighted by atomic mass is 9.87. The third-order valence-electron chi connectivity index (χ3n) is 7.68. The highest BCUT2D eigenvalue weighted by Crippen LogP contribution is 2.34. The first-order valence-electron chi connectivity index (χ1n) is 14.0. The normalized spacial score (nSPS) is 16.0. The molecule has 4 aromatic rings. The molecule has 0 saturated heterocycles. The van der Waals surface area contributed by atoms with Crippen molar-refractivity contribution in [3.8, 4) is 17.6 Å². The molecule has 0 aromatic heterocycles. The second-order valence-electron chi connectivity index (χ2n) is 10.4. The number of benzene rings is 4. The number of carbonyl (C=O) groups excluding carboxylic acids is 2. The van der Waals surface area contributed by atoms with Gasteiger partial charge in [0, 0.05) is 11.1 Å². The Bertz CT molecular complexity index is 1770. The van der Waals surface area contributed by atoms with Gasteiger partial charge >= 0.3 is 11.9 Å². The Morgan fingerprint density at radius 2 is 1.70 bits per heavy atom. The Labute approximate surface area is 258 Å². The zero-order valence-corrected chi connectivity index (χ0v) is 24.6. The summed E-state index contributed by atoms with van der Waals surface area (Å²) in [6.07, 6.45) is 1.92. The number of nitrogens with zero attached hydrogens (tertiary/aromatic N) is 1. The van der Waals surface area contributed by atoms with Gasteiger partial charge in [0.1, 0.15) is 24.2 Å². The third-order valence-corrected chi connectivity index (χ3v) is 7.91. The summed E-state index contributed by atoms with van der Waals surface area (Å²) in [5.41, 5.74) is 1.03. The number of anilines is 1. The fourth-order valence-electron chi connectivity index (χ4n) is 5.37. The molecule has 1 fully saturated rings. The number of nitrogens with one attached hydrogen (secondary N) is 1. The molecule has 224 valence electrons. The van der Waals surface area contributed by atoms with Gasteiger partial charge in [0.15, 0.2) is 0 Å². The minimum atomic E-state index is -1.24. The van der Waals surface area contributed by atoms with Crippen molar-refractivity contribution in [2.75, 3.05) is 12.4 Å². The standard InChI is InChI=1S/C34H29ClN2O7/c1-42-31-15-23(18-36)30(17-28(31)32(38)37-29-16-24(35)11-14-27(29)33(39)40)44-25-12-9-21(10-13-25)34(41)43-19-22-7-4-6-20-5-2-3-8-26(20)22/h2-8,11,14-17,21,25H,9-10,12-13,19H2,1H3,(H,37,38)(H,39,40). The van der Waals surface area contributed by atoms with Crippen LogP contribution < -0.4 is 14.8 Å². The lowest BCUT2D eigenvalue weighted by Gasteiger charge is -2.28. The van der Waals surface area contributed by atoms with Gasteiger partial charge in [-0.05, 0) is 66.3 Å². The number of hydrogen-bond acceptors (Lipinski definition) is 7. The summed E-state index contributed by atoms with van der Waals surface area (Å²) in [6, 6.07) is 22.8. The van der Waals surface area contributed by atoms with E-state index in [9.17, 15) is 24.8 Å². The molecule has 10 heteroatoms. The molecule has 5 rings (SSSR count). The van der Waals surface area contributed by atoms with Crippen molar-refractivity contribution in [3.63, 3.8) is 0 Å². The van der Waals surface area contributed by atoms with Crippen molar-refractivity contribution in [2.45, 2.75) is 38.4 Å². The summed E-state index contributed by atoms with van der Waals surface area (Å²) >= 11 is 6.03. The third kappa shape index (κ3) is 6.77. The predicted molar refractivity (Wildman–Crippen MR) is 164 cm³/mol. The molecule has 0 aliphatic heterocycles. The minimum absolute atomic E-state index is 0.00883. The second-order valence-corrected chi connectivity index (χ2v) is 10.9. The zero-order chi connectivity index (χ0) is 31.2. The van der Waals surface area contributed by atoms with E-state index in [1.807, 2.05) is 42.5 Å². The number of rotatable bonds is 9. The highest BCUT2D eigenvalue weighted by Gasteiger charge is 2.30. The van der Waals surface area contributed by atoms with E-state index < -0.39 is 11.9 Å². The van der Waals surface area contributed by atoms with Crippen LogP contribution in [-0.4, -0.2) is 36.2 Å². The van der Waals surface area contributed by atoms with Crippen LogP contribution >= 0.6 is 11.6 Å². The Morgan fingerprint density at radius 1 is 0.955 bits per heavy atom. The van der Waals surface area contributed by atoms with E-state index in [1.54, 1.807) is 0 Å². The van der Waals surface area contributed by atoms with Crippen LogP contribution in [0.4, 0.5) is 5.69 Å². The van der Waals surface area contributed by atoms with Crippen LogP contribution in [0.5, 0.6) is 11.5 Å². The second kappa shape index (κ2) is 13.5. The monoisotopic (exact) mass is 612 g/mol. The molecule has 44 heavy (non-hydrogen) atoms. The molecule has 0 unspecified atom stereocenters. The van der Waals surface area contributed by atoms with E-state index in [1.165, 1.54) is 37.4 Å². The number of esters is 1. The number of ether oxygens (including phenoxy) is 3. The number of halogens is 1. The number of nitriles is 1. The number of carboxylic acid groups (broad SMARTS) is 1. The first-order valence-corrected chi connectivity index (χ1v) is 14.4. The fraction of sp³-hybridized carbons (Fsp3) is 0.235. The molecule has 0 bridgehead atoms. The van der Waals surface area contributed by atoms with Gasteiger partial charge in [-0.25, -0.2) is 4.79 Å². The highest BCUT2D eigenvalue weighted by atomic mass is 35.5. The smallest absolute Gasteiger partial charge is 0.337 e. The predicted octanol–water partition coefficient (Wildman–Crippen LogP) is 7.00. The lowest BCUT2D eigenvalue weighted by molar-refractivity contribution is -0.151. The highest BCUT2D eigenvalue weighted by molar-refractivity contribution is 6.31. The Kier molecular flexibility index (Phi) is 9.32. The number of aromatic carboxylic acids is 1. The van der Waals surface area contributed by atoms with E-state index in [0.717, 1.165) is 16.3 Å². The lowest BCUT2D eigenvalue weighted by Crippen LogP contribution is -2.29. The van der Waals surface area contributed by atoms with Gasteiger partial charge in [-0.1, -0.05) is 54.1 Å². The van der Waals surface area contributed by atoms with Crippen LogP contribution in [0.25, 0.3) is 10.8 Å². The number of carbonyl (C=O) groups is 3. The van der Waals surface area contributed by atoms with Gasteiger partial charge in [-0.2, -0.15) is 5.26 Å². The quantitative estimate of drug-likeness (QED) is 0.193. The molecular formula is C34H29ClN2O7. The van der Waals surface area contributed by atoms with Crippen LogP contribution in [0.3, 0.4) is 0 Å². The van der Waals surface area contributed by atoms with Crippen molar-refractivity contribution in [2.24, 2.45) is 5.92 Å². The summed E-state index contributed by atoms with van der Waals surface area (Å²) in [5, 5.41) is 24.2. The SMILES string of the molecule is COc1cc(C#N)c(OC2CCC(C(=O)OCc3cccc4ccccc34)CC2)cc1C(=O)Nc1cc(Cl)ccc1C(=O)O. The van der Waals surface area contributed by atoms with Crippen molar-refractivity contribution in [1.29, 1.82) is 5.26 Å². The topological polar surface area (TPSA) is 135 Å². The molecule has 1 amide bonds. The summed E-state index contributed by atoms with van der Waals surface area (Å²) in [4.78, 5) is 37.8. The number of methoxy groups -OCH3 is 1. The van der Waals surface area contributed by atoms with E-state index in [2.05, 4.69) is 11.4 Å². The van der Waals surface area contributed by atoms with E-state index in [-0.39, 0.29) is 63.5 Å². The largest absolute Gasteiger partial charge is 0.496 e. The molecule has 1 saturated carbocycles. The molecule has 0 spiro atoms. The molecule has 2 N–H and O–H groups in total. The van der Waals surface area contributed by atoms with Gasteiger partial charge in [-0.15, -0.1) is 0 Å². The van der Waals surface area contributed by atoms with Crippen LogP contribution in [0, 0.1) is 17.2 Å². The van der Waals surface area contributed by atoms with E-state index in [0.29, 0.717) is 25.7 Å². The van der Waals surface area contributed by atoms with Crippen molar-refractivity contribution >= 4 is 45.9 Å². The molecule has 0 radical (unpaired) electrons. The van der Waals surface area contributed by atoms with Gasteiger partial charge in [0.25, 0.3) is 5.91 Å². The molecule has 0 atom stereocenters. The fourth-order valence-corrected chi connectivity index (χ4v) is 5.54. The van der Waals surface area contributed by atoms with Crippen LogP contribution in [0.15, 0.2) is 72.8 Å². The average Bonchev–Trinajstić information content (AvgIpc) is 3.03. The molecule has 0 heterocycles. The molecule has 1 aliphatic carbocycles. The molecule has 4 aromatic carbocycles. The van der Waals surface area contributed by atoms with Crippen LogP contribution in [0.2, 0.25) is 5.02 Å². The first-order chi connectivity index (χ1) is 21.3. The number of hydrogen-bond donors (Lipinski definition) is 2. The maximum atomic E-state index is 13.3. The van der Waals surface area contributed by atoms with Crippen molar-refractivity contribution in [1.82, 2.24) is 0 Å². The Hall–Kier alpha value is -5.07. The van der Waals surface area contributed by atoms with Crippen LogP contribution in [-0.2, 0) is 16.1 Å². The first kappa shape index (κ1) is 30.4. The van der Waals surface area contributed by atoms with Gasteiger partial charge in [-0.3, -0.25) is 9.59 Å².